The fraction of sp³-hybridized carbons (Fsp3) is 0.440. The van der Waals surface area contributed by atoms with E-state index >= 15 is 0 Å². The number of amides is 3. The summed E-state index contributed by atoms with van der Waals surface area (Å²) < 4.78 is 0. The van der Waals surface area contributed by atoms with Crippen molar-refractivity contribution in [3.8, 4) is 0 Å². The highest BCUT2D eigenvalue weighted by atomic mass is 16.2. The number of benzene rings is 2. The van der Waals surface area contributed by atoms with Gasteiger partial charge in [0.05, 0.1) is 0 Å². The van der Waals surface area contributed by atoms with Crippen molar-refractivity contribution in [1.82, 2.24) is 10.6 Å². The lowest BCUT2D eigenvalue weighted by molar-refractivity contribution is -0.120. The Balaban J connectivity index is 1.34. The number of nitrogens with one attached hydrogen (secondary N) is 2. The SMILES string of the molecule is CCc1ccccc1CCC(=O)NC(=O)NCC1CCC(c2ccccc2)CC1. The van der Waals surface area contributed by atoms with Crippen molar-refractivity contribution in [3.05, 3.63) is 71.3 Å². The summed E-state index contributed by atoms with van der Waals surface area (Å²) in [6, 6.07) is 18.5. The molecule has 2 aromatic rings. The van der Waals surface area contributed by atoms with Crippen LogP contribution in [-0.4, -0.2) is 18.5 Å². The van der Waals surface area contributed by atoms with Gasteiger partial charge in [-0.15, -0.1) is 0 Å². The molecular formula is C25H32N2O2. The minimum atomic E-state index is -0.371. The van der Waals surface area contributed by atoms with Gasteiger partial charge in [0.2, 0.25) is 5.91 Å². The number of urea groups is 1. The second-order valence-electron chi connectivity index (χ2n) is 8.01. The van der Waals surface area contributed by atoms with Gasteiger partial charge in [-0.3, -0.25) is 10.1 Å². The maximum atomic E-state index is 12.1. The number of rotatable bonds is 7. The average molecular weight is 393 g/mol. The number of aryl methyl sites for hydroxylation is 2. The van der Waals surface area contributed by atoms with Gasteiger partial charge in [0, 0.05) is 13.0 Å². The molecule has 154 valence electrons. The van der Waals surface area contributed by atoms with Gasteiger partial charge in [-0.1, -0.05) is 61.5 Å². The van der Waals surface area contributed by atoms with E-state index in [2.05, 4.69) is 60.0 Å². The van der Waals surface area contributed by atoms with Crippen LogP contribution < -0.4 is 10.6 Å². The molecule has 4 nitrogen and oxygen atoms in total. The number of imide groups is 1. The minimum absolute atomic E-state index is 0.221. The molecule has 0 unspecified atom stereocenters. The van der Waals surface area contributed by atoms with Crippen LogP contribution in [0.2, 0.25) is 0 Å². The quantitative estimate of drug-likeness (QED) is 0.698. The van der Waals surface area contributed by atoms with Crippen molar-refractivity contribution < 1.29 is 9.59 Å². The molecule has 29 heavy (non-hydrogen) atoms. The Morgan fingerprint density at radius 3 is 2.24 bits per heavy atom. The van der Waals surface area contributed by atoms with E-state index in [0.29, 0.717) is 31.2 Å². The fourth-order valence-corrected chi connectivity index (χ4v) is 4.29. The van der Waals surface area contributed by atoms with Crippen LogP contribution in [0.1, 0.15) is 61.6 Å². The normalized spacial score (nSPS) is 18.8. The van der Waals surface area contributed by atoms with E-state index in [1.807, 2.05) is 12.1 Å². The molecule has 2 aromatic carbocycles. The first-order valence-electron chi connectivity index (χ1n) is 10.8. The van der Waals surface area contributed by atoms with E-state index in [1.165, 1.54) is 16.7 Å². The zero-order valence-corrected chi connectivity index (χ0v) is 17.3. The van der Waals surface area contributed by atoms with Crippen LogP contribution in [0.5, 0.6) is 0 Å². The van der Waals surface area contributed by atoms with Crippen molar-refractivity contribution >= 4 is 11.9 Å². The van der Waals surface area contributed by atoms with Crippen molar-refractivity contribution in [3.63, 3.8) is 0 Å². The van der Waals surface area contributed by atoms with Crippen LogP contribution in [0.15, 0.2) is 54.6 Å². The first kappa shape index (κ1) is 21.1. The summed E-state index contributed by atoms with van der Waals surface area (Å²) in [6.07, 6.45) is 6.48. The Morgan fingerprint density at radius 1 is 0.897 bits per heavy atom. The Kier molecular flexibility index (Phi) is 7.85. The third-order valence-electron chi connectivity index (χ3n) is 6.04. The zero-order valence-electron chi connectivity index (χ0n) is 17.3. The van der Waals surface area contributed by atoms with E-state index in [-0.39, 0.29) is 11.9 Å². The number of hydrogen-bond acceptors (Lipinski definition) is 2. The third-order valence-corrected chi connectivity index (χ3v) is 6.04. The molecule has 0 aromatic heterocycles. The summed E-state index contributed by atoms with van der Waals surface area (Å²) in [5.74, 6) is 0.905. The van der Waals surface area contributed by atoms with Gasteiger partial charge in [-0.05, 0) is 67.1 Å². The average Bonchev–Trinajstić information content (AvgIpc) is 2.77. The standard InChI is InChI=1S/C25H32N2O2/c1-2-20-8-6-7-11-22(20)16-17-24(28)27-25(29)26-18-19-12-14-23(15-13-19)21-9-4-3-5-10-21/h3-11,19,23H,2,12-18H2,1H3,(H2,26,27,28,29). The van der Waals surface area contributed by atoms with Gasteiger partial charge in [0.1, 0.15) is 0 Å². The molecular weight excluding hydrogens is 360 g/mol. The van der Waals surface area contributed by atoms with Crippen molar-refractivity contribution in [2.24, 2.45) is 5.92 Å². The van der Waals surface area contributed by atoms with Gasteiger partial charge in [0.25, 0.3) is 0 Å². The summed E-state index contributed by atoms with van der Waals surface area (Å²) in [4.78, 5) is 24.2. The van der Waals surface area contributed by atoms with E-state index in [4.69, 9.17) is 0 Å². The molecule has 3 amide bonds. The number of carbonyl (C=O) groups is 2. The van der Waals surface area contributed by atoms with Crippen molar-refractivity contribution in [2.75, 3.05) is 6.54 Å². The minimum Gasteiger partial charge on any atom is -0.338 e. The summed E-state index contributed by atoms with van der Waals surface area (Å²) in [6.45, 7) is 2.75. The maximum Gasteiger partial charge on any atom is 0.321 e. The Morgan fingerprint density at radius 2 is 1.55 bits per heavy atom. The molecule has 1 fully saturated rings. The molecule has 0 bridgehead atoms. The van der Waals surface area contributed by atoms with E-state index in [9.17, 15) is 9.59 Å². The molecule has 4 heteroatoms. The smallest absolute Gasteiger partial charge is 0.321 e. The summed E-state index contributed by atoms with van der Waals surface area (Å²) in [7, 11) is 0. The van der Waals surface area contributed by atoms with Crippen LogP contribution in [0.25, 0.3) is 0 Å². The van der Waals surface area contributed by atoms with Crippen LogP contribution in [0, 0.1) is 5.92 Å². The molecule has 0 heterocycles. The highest BCUT2D eigenvalue weighted by molar-refractivity contribution is 5.94. The summed E-state index contributed by atoms with van der Waals surface area (Å²) in [5, 5.41) is 5.36. The first-order valence-corrected chi connectivity index (χ1v) is 10.8. The topological polar surface area (TPSA) is 58.2 Å². The summed E-state index contributed by atoms with van der Waals surface area (Å²) >= 11 is 0. The fourth-order valence-electron chi connectivity index (χ4n) is 4.29. The molecule has 1 saturated carbocycles. The van der Waals surface area contributed by atoms with E-state index in [1.54, 1.807) is 0 Å². The molecule has 0 atom stereocenters. The van der Waals surface area contributed by atoms with Crippen LogP contribution in [-0.2, 0) is 17.6 Å². The van der Waals surface area contributed by atoms with Crippen LogP contribution in [0.4, 0.5) is 4.79 Å². The monoisotopic (exact) mass is 392 g/mol. The predicted octanol–water partition coefficient (Wildman–Crippen LogP) is 4.98. The molecule has 1 aliphatic rings. The molecule has 2 N–H and O–H groups in total. The van der Waals surface area contributed by atoms with Crippen molar-refractivity contribution in [1.29, 1.82) is 0 Å². The second kappa shape index (κ2) is 10.8. The lowest BCUT2D eigenvalue weighted by Crippen LogP contribution is -2.41. The van der Waals surface area contributed by atoms with Gasteiger partial charge in [-0.25, -0.2) is 4.79 Å². The van der Waals surface area contributed by atoms with E-state index < -0.39 is 0 Å². The Hall–Kier alpha value is -2.62. The predicted molar refractivity (Wildman–Crippen MR) is 117 cm³/mol. The lowest BCUT2D eigenvalue weighted by Gasteiger charge is -2.28. The molecule has 1 aliphatic carbocycles. The van der Waals surface area contributed by atoms with E-state index in [0.717, 1.165) is 32.1 Å². The second-order valence-corrected chi connectivity index (χ2v) is 8.01. The highest BCUT2D eigenvalue weighted by Gasteiger charge is 2.22. The molecule has 0 radical (unpaired) electrons. The zero-order chi connectivity index (χ0) is 20.5. The molecule has 0 spiro atoms. The van der Waals surface area contributed by atoms with Gasteiger partial charge in [-0.2, -0.15) is 0 Å². The molecule has 0 aliphatic heterocycles. The maximum absolute atomic E-state index is 12.1. The highest BCUT2D eigenvalue weighted by Crippen LogP contribution is 2.35. The Bertz CT molecular complexity index is 795. The van der Waals surface area contributed by atoms with Crippen molar-refractivity contribution in [2.45, 2.75) is 57.8 Å². The van der Waals surface area contributed by atoms with Crippen LogP contribution in [0.3, 0.4) is 0 Å². The van der Waals surface area contributed by atoms with Gasteiger partial charge in [0.15, 0.2) is 0 Å². The Labute approximate surface area is 174 Å². The lowest BCUT2D eigenvalue weighted by atomic mass is 9.79. The number of hydrogen-bond donors (Lipinski definition) is 2. The largest absolute Gasteiger partial charge is 0.338 e. The summed E-state index contributed by atoms with van der Waals surface area (Å²) in [5.41, 5.74) is 3.86. The third kappa shape index (κ3) is 6.45. The van der Waals surface area contributed by atoms with Crippen LogP contribution >= 0.6 is 0 Å². The molecule has 3 rings (SSSR count). The molecule has 0 saturated heterocycles. The van der Waals surface area contributed by atoms with Gasteiger partial charge >= 0.3 is 6.03 Å². The number of carbonyl (C=O) groups excluding carboxylic acids is 2. The first-order chi connectivity index (χ1) is 14.2. The van der Waals surface area contributed by atoms with Gasteiger partial charge < -0.3 is 5.32 Å².